The molecule has 2 aromatic rings. The number of para-hydroxylation sites is 2. The van der Waals surface area contributed by atoms with Gasteiger partial charge in [-0.1, -0.05) is 12.1 Å². The second kappa shape index (κ2) is 9.67. The lowest BCUT2D eigenvalue weighted by Crippen LogP contribution is -2.22. The number of carbonyl (C=O) groups is 3. The Morgan fingerprint density at radius 2 is 1.79 bits per heavy atom. The number of benzene rings is 1. The Balaban J connectivity index is 2.03. The van der Waals surface area contributed by atoms with Gasteiger partial charge in [0.1, 0.15) is 11.4 Å². The van der Waals surface area contributed by atoms with Gasteiger partial charge in [-0.15, -0.1) is 0 Å². The lowest BCUT2D eigenvalue weighted by molar-refractivity contribution is -0.119. The van der Waals surface area contributed by atoms with E-state index in [1.165, 1.54) is 24.3 Å². The van der Waals surface area contributed by atoms with Gasteiger partial charge in [-0.2, -0.15) is 8.78 Å². The minimum atomic E-state index is -3.06. The molecule has 0 aliphatic rings. The van der Waals surface area contributed by atoms with Crippen molar-refractivity contribution < 1.29 is 37.4 Å². The first-order valence-corrected chi connectivity index (χ1v) is 8.61. The van der Waals surface area contributed by atoms with Crippen LogP contribution in [0.3, 0.4) is 0 Å². The van der Waals surface area contributed by atoms with Crippen LogP contribution >= 0.6 is 0 Å². The van der Waals surface area contributed by atoms with Crippen LogP contribution < -0.4 is 10.1 Å². The van der Waals surface area contributed by atoms with E-state index in [0.717, 1.165) is 0 Å². The van der Waals surface area contributed by atoms with Crippen LogP contribution in [0.15, 0.2) is 24.3 Å². The standard InChI is InChI=1S/C19H20F2N2O6/c1-4-27-18(26)16-10(2)15(11(3)22-16)17(25)28-9-14(24)23-12-7-5-6-8-13(12)29-19(20)21/h5-8,19,22H,4,9H2,1-3H3,(H,23,24). The van der Waals surface area contributed by atoms with E-state index in [-0.39, 0.29) is 29.3 Å². The summed E-state index contributed by atoms with van der Waals surface area (Å²) < 4.78 is 39.1. The van der Waals surface area contributed by atoms with Crippen LogP contribution in [0.5, 0.6) is 5.75 Å². The van der Waals surface area contributed by atoms with E-state index in [9.17, 15) is 23.2 Å². The first-order chi connectivity index (χ1) is 13.7. The number of amides is 1. The van der Waals surface area contributed by atoms with Crippen molar-refractivity contribution in [1.29, 1.82) is 0 Å². The molecular weight excluding hydrogens is 390 g/mol. The number of aromatic nitrogens is 1. The van der Waals surface area contributed by atoms with Gasteiger partial charge in [0.15, 0.2) is 6.61 Å². The predicted octanol–water partition coefficient (Wildman–Crippen LogP) is 3.21. The van der Waals surface area contributed by atoms with Gasteiger partial charge < -0.3 is 24.5 Å². The fourth-order valence-electron chi connectivity index (χ4n) is 2.62. The molecule has 0 radical (unpaired) electrons. The molecule has 0 unspecified atom stereocenters. The lowest BCUT2D eigenvalue weighted by atomic mass is 10.1. The van der Waals surface area contributed by atoms with Crippen molar-refractivity contribution in [2.75, 3.05) is 18.5 Å². The quantitative estimate of drug-likeness (QED) is 0.648. The Labute approximate surface area is 165 Å². The lowest BCUT2D eigenvalue weighted by Gasteiger charge is -2.12. The average Bonchev–Trinajstić information content (AvgIpc) is 2.95. The monoisotopic (exact) mass is 410 g/mol. The number of hydrogen-bond acceptors (Lipinski definition) is 6. The molecule has 1 aromatic heterocycles. The van der Waals surface area contributed by atoms with Crippen molar-refractivity contribution in [1.82, 2.24) is 4.98 Å². The summed E-state index contributed by atoms with van der Waals surface area (Å²) >= 11 is 0. The first kappa shape index (κ1) is 21.9. The third-order valence-corrected chi connectivity index (χ3v) is 3.83. The number of esters is 2. The molecule has 8 nitrogen and oxygen atoms in total. The van der Waals surface area contributed by atoms with Crippen molar-refractivity contribution >= 4 is 23.5 Å². The Hall–Kier alpha value is -3.43. The normalized spacial score (nSPS) is 10.6. The number of nitrogens with one attached hydrogen (secondary N) is 2. The molecule has 0 bridgehead atoms. The number of aromatic amines is 1. The van der Waals surface area contributed by atoms with E-state index in [1.54, 1.807) is 20.8 Å². The summed E-state index contributed by atoms with van der Waals surface area (Å²) in [6, 6.07) is 5.61. The van der Waals surface area contributed by atoms with Crippen molar-refractivity contribution in [3.05, 3.63) is 46.8 Å². The number of hydrogen-bond donors (Lipinski definition) is 2. The second-order valence-electron chi connectivity index (χ2n) is 5.84. The van der Waals surface area contributed by atoms with Gasteiger partial charge in [-0.05, 0) is 38.5 Å². The van der Waals surface area contributed by atoms with E-state index in [2.05, 4.69) is 15.0 Å². The highest BCUT2D eigenvalue weighted by molar-refractivity contribution is 6.00. The van der Waals surface area contributed by atoms with Crippen LogP contribution in [0.4, 0.5) is 14.5 Å². The summed E-state index contributed by atoms with van der Waals surface area (Å²) in [7, 11) is 0. The number of alkyl halides is 2. The largest absolute Gasteiger partial charge is 0.461 e. The highest BCUT2D eigenvalue weighted by Gasteiger charge is 2.24. The summed E-state index contributed by atoms with van der Waals surface area (Å²) in [5, 5.41) is 2.34. The molecule has 10 heteroatoms. The summed E-state index contributed by atoms with van der Waals surface area (Å²) in [4.78, 5) is 39.1. The number of carbonyl (C=O) groups excluding carboxylic acids is 3. The van der Waals surface area contributed by atoms with Gasteiger partial charge in [0.2, 0.25) is 0 Å². The Morgan fingerprint density at radius 3 is 2.45 bits per heavy atom. The maximum Gasteiger partial charge on any atom is 0.387 e. The van der Waals surface area contributed by atoms with Crippen LogP contribution in [-0.4, -0.2) is 42.7 Å². The molecule has 2 rings (SSSR count). The van der Waals surface area contributed by atoms with Gasteiger partial charge in [-0.3, -0.25) is 4.79 Å². The molecule has 29 heavy (non-hydrogen) atoms. The van der Waals surface area contributed by atoms with Crippen molar-refractivity contribution in [2.45, 2.75) is 27.4 Å². The van der Waals surface area contributed by atoms with E-state index < -0.39 is 31.1 Å². The molecule has 0 fully saturated rings. The first-order valence-electron chi connectivity index (χ1n) is 8.61. The summed E-state index contributed by atoms with van der Waals surface area (Å²) in [5.41, 5.74) is 0.960. The zero-order valence-corrected chi connectivity index (χ0v) is 16.0. The van der Waals surface area contributed by atoms with Gasteiger partial charge in [0.05, 0.1) is 17.9 Å². The zero-order chi connectivity index (χ0) is 21.6. The van der Waals surface area contributed by atoms with Crippen LogP contribution in [0, 0.1) is 13.8 Å². The summed E-state index contributed by atoms with van der Waals surface area (Å²) in [5.74, 6) is -2.40. The smallest absolute Gasteiger partial charge is 0.387 e. The molecule has 0 saturated heterocycles. The van der Waals surface area contributed by atoms with Crippen LogP contribution in [0.1, 0.15) is 39.0 Å². The predicted molar refractivity (Wildman–Crippen MR) is 98.2 cm³/mol. The van der Waals surface area contributed by atoms with Gasteiger partial charge in [0, 0.05) is 5.69 Å². The second-order valence-corrected chi connectivity index (χ2v) is 5.84. The Bertz CT molecular complexity index is 910. The topological polar surface area (TPSA) is 107 Å². The zero-order valence-electron chi connectivity index (χ0n) is 16.0. The summed E-state index contributed by atoms with van der Waals surface area (Å²) in [6.07, 6.45) is 0. The van der Waals surface area contributed by atoms with Gasteiger partial charge in [0.25, 0.3) is 5.91 Å². The number of rotatable bonds is 8. The van der Waals surface area contributed by atoms with Crippen LogP contribution in [0.25, 0.3) is 0 Å². The molecule has 0 spiro atoms. The molecule has 1 amide bonds. The highest BCUT2D eigenvalue weighted by atomic mass is 19.3. The summed E-state index contributed by atoms with van der Waals surface area (Å²) in [6.45, 7) is 1.22. The van der Waals surface area contributed by atoms with E-state index in [0.29, 0.717) is 11.3 Å². The molecule has 0 saturated carbocycles. The highest BCUT2D eigenvalue weighted by Crippen LogP contribution is 2.25. The molecule has 0 aliphatic carbocycles. The van der Waals surface area contributed by atoms with Crippen LogP contribution in [-0.2, 0) is 14.3 Å². The van der Waals surface area contributed by atoms with Crippen molar-refractivity contribution in [2.24, 2.45) is 0 Å². The molecular formula is C19H20F2N2O6. The number of halogens is 2. The maximum atomic E-state index is 12.4. The van der Waals surface area contributed by atoms with E-state index in [1.807, 2.05) is 0 Å². The molecule has 156 valence electrons. The Kier molecular flexibility index (Phi) is 7.29. The number of ether oxygens (including phenoxy) is 3. The SMILES string of the molecule is CCOC(=O)c1[nH]c(C)c(C(=O)OCC(=O)Nc2ccccc2OC(F)F)c1C. The fourth-order valence-corrected chi connectivity index (χ4v) is 2.62. The maximum absolute atomic E-state index is 12.4. The van der Waals surface area contributed by atoms with Crippen LogP contribution in [0.2, 0.25) is 0 Å². The van der Waals surface area contributed by atoms with Crippen molar-refractivity contribution in [3.63, 3.8) is 0 Å². The third-order valence-electron chi connectivity index (χ3n) is 3.83. The number of anilines is 1. The van der Waals surface area contributed by atoms with E-state index >= 15 is 0 Å². The average molecular weight is 410 g/mol. The Morgan fingerprint density at radius 1 is 1.10 bits per heavy atom. The number of aryl methyl sites for hydroxylation is 1. The molecule has 0 atom stereocenters. The molecule has 2 N–H and O–H groups in total. The van der Waals surface area contributed by atoms with Gasteiger partial charge >= 0.3 is 18.6 Å². The molecule has 0 aliphatic heterocycles. The minimum Gasteiger partial charge on any atom is -0.461 e. The van der Waals surface area contributed by atoms with Crippen molar-refractivity contribution in [3.8, 4) is 5.75 Å². The minimum absolute atomic E-state index is 0.00690. The fraction of sp³-hybridized carbons (Fsp3) is 0.316. The third kappa shape index (κ3) is 5.53. The number of H-pyrrole nitrogens is 1. The van der Waals surface area contributed by atoms with Gasteiger partial charge in [-0.25, -0.2) is 9.59 Å². The van der Waals surface area contributed by atoms with E-state index in [4.69, 9.17) is 9.47 Å². The molecule has 1 aromatic carbocycles. The molecule has 1 heterocycles.